The van der Waals surface area contributed by atoms with Crippen molar-refractivity contribution in [1.29, 1.82) is 0 Å². The van der Waals surface area contributed by atoms with Crippen molar-refractivity contribution in [1.82, 2.24) is 5.32 Å². The van der Waals surface area contributed by atoms with Gasteiger partial charge in [0.25, 0.3) is 5.91 Å². The number of nitrogens with one attached hydrogen (secondary N) is 1. The Morgan fingerprint density at radius 2 is 1.75 bits per heavy atom. The molecule has 0 radical (unpaired) electrons. The first-order chi connectivity index (χ1) is 11.6. The van der Waals surface area contributed by atoms with Gasteiger partial charge in [0.1, 0.15) is 12.8 Å². The predicted molar refractivity (Wildman–Crippen MR) is 89.3 cm³/mol. The molecule has 0 fully saturated rings. The number of methoxy groups -OCH3 is 1. The van der Waals surface area contributed by atoms with Gasteiger partial charge in [-0.2, -0.15) is 0 Å². The normalized spacial score (nSPS) is 11.6. The van der Waals surface area contributed by atoms with E-state index in [0.29, 0.717) is 16.7 Å². The average molecular weight is 328 g/mol. The monoisotopic (exact) mass is 328 g/mol. The summed E-state index contributed by atoms with van der Waals surface area (Å²) in [5.74, 6) is -0.784. The van der Waals surface area contributed by atoms with Crippen LogP contribution in [-0.4, -0.2) is 31.8 Å². The first-order valence-corrected chi connectivity index (χ1v) is 7.47. The van der Waals surface area contributed by atoms with E-state index in [1.165, 1.54) is 7.11 Å². The smallest absolute Gasteiger partial charge is 0.338 e. The molecule has 1 atom stereocenters. The highest BCUT2D eigenvalue weighted by Gasteiger charge is 2.15. The van der Waals surface area contributed by atoms with Crippen LogP contribution in [0, 0.1) is 0 Å². The molecule has 2 aromatic rings. The molecule has 1 unspecified atom stereocenters. The van der Waals surface area contributed by atoms with Crippen molar-refractivity contribution in [3.8, 4) is 0 Å². The van der Waals surface area contributed by atoms with Crippen LogP contribution in [0.5, 0.6) is 0 Å². The lowest BCUT2D eigenvalue weighted by atomic mass is 10.1. The fourth-order valence-corrected chi connectivity index (χ4v) is 2.14. The van der Waals surface area contributed by atoms with Gasteiger partial charge in [-0.1, -0.05) is 36.4 Å². The summed E-state index contributed by atoms with van der Waals surface area (Å²) in [5.41, 5.74) is 7.20. The summed E-state index contributed by atoms with van der Waals surface area (Å²) in [6, 6.07) is 15.6. The molecule has 2 rings (SSSR count). The molecule has 0 aliphatic heterocycles. The van der Waals surface area contributed by atoms with Crippen molar-refractivity contribution in [2.45, 2.75) is 12.8 Å². The summed E-state index contributed by atoms with van der Waals surface area (Å²) in [6.45, 7) is 0.202. The largest absolute Gasteiger partial charge is 0.457 e. The Morgan fingerprint density at radius 1 is 1.08 bits per heavy atom. The number of carbonyl (C=O) groups excluding carboxylic acids is 2. The zero-order valence-corrected chi connectivity index (χ0v) is 13.4. The van der Waals surface area contributed by atoms with Crippen molar-refractivity contribution in [2.24, 2.45) is 5.73 Å². The molecule has 0 spiro atoms. The fraction of sp³-hybridized carbons (Fsp3) is 0.222. The number of esters is 1. The van der Waals surface area contributed by atoms with Gasteiger partial charge in [0.05, 0.1) is 12.2 Å². The zero-order valence-electron chi connectivity index (χ0n) is 13.4. The Hall–Kier alpha value is -2.70. The van der Waals surface area contributed by atoms with Crippen molar-refractivity contribution >= 4 is 11.9 Å². The van der Waals surface area contributed by atoms with Gasteiger partial charge < -0.3 is 20.5 Å². The Bertz CT molecular complexity index is 688. The Balaban J connectivity index is 2.03. The molecular formula is C18H20N2O4. The second-order valence-corrected chi connectivity index (χ2v) is 5.13. The van der Waals surface area contributed by atoms with Crippen molar-refractivity contribution in [3.05, 3.63) is 71.3 Å². The summed E-state index contributed by atoms with van der Waals surface area (Å²) in [5, 5.41) is 2.63. The van der Waals surface area contributed by atoms with Gasteiger partial charge in [-0.3, -0.25) is 4.79 Å². The number of ether oxygens (including phenoxy) is 2. The Labute approximate surface area is 140 Å². The number of rotatable bonds is 7. The molecule has 0 saturated heterocycles. The molecule has 0 bridgehead atoms. The molecule has 0 saturated carbocycles. The van der Waals surface area contributed by atoms with Crippen LogP contribution in [0.2, 0.25) is 0 Å². The number of benzene rings is 2. The quantitative estimate of drug-likeness (QED) is 0.596. The van der Waals surface area contributed by atoms with Crippen molar-refractivity contribution in [2.75, 3.05) is 13.7 Å². The molecule has 0 heterocycles. The van der Waals surface area contributed by atoms with Gasteiger partial charge in [-0.15, -0.1) is 0 Å². The van der Waals surface area contributed by atoms with Crippen molar-refractivity contribution < 1.29 is 19.1 Å². The third kappa shape index (κ3) is 4.91. The molecule has 24 heavy (non-hydrogen) atoms. The summed E-state index contributed by atoms with van der Waals surface area (Å²) < 4.78 is 10.2. The van der Waals surface area contributed by atoms with Crippen LogP contribution in [-0.2, 0) is 16.1 Å². The number of amides is 1. The van der Waals surface area contributed by atoms with Gasteiger partial charge in [0.2, 0.25) is 0 Å². The number of carbonyl (C=O) groups is 2. The first kappa shape index (κ1) is 17.7. The predicted octanol–water partition coefficient (Wildman–Crippen LogP) is 1.70. The standard InChI is InChI=1S/C18H20N2O4/c1-23-12-16(19)20-17(21)15-10-6-5-9-14(15)11-24-18(22)13-7-3-2-4-8-13/h2-10,16H,11-12,19H2,1H3,(H,20,21). The molecule has 0 aromatic heterocycles. The van der Waals surface area contributed by atoms with Crippen LogP contribution in [0.25, 0.3) is 0 Å². The maximum Gasteiger partial charge on any atom is 0.338 e. The summed E-state index contributed by atoms with van der Waals surface area (Å²) >= 11 is 0. The molecule has 1 amide bonds. The molecule has 126 valence electrons. The third-order valence-electron chi connectivity index (χ3n) is 3.29. The average Bonchev–Trinajstić information content (AvgIpc) is 2.60. The van der Waals surface area contributed by atoms with Gasteiger partial charge in [-0.05, 0) is 18.2 Å². The van der Waals surface area contributed by atoms with E-state index < -0.39 is 12.1 Å². The highest BCUT2D eigenvalue weighted by atomic mass is 16.5. The minimum absolute atomic E-state index is 0.00314. The van der Waals surface area contributed by atoms with Gasteiger partial charge >= 0.3 is 5.97 Å². The highest BCUT2D eigenvalue weighted by Crippen LogP contribution is 2.12. The fourth-order valence-electron chi connectivity index (χ4n) is 2.14. The van der Waals surface area contributed by atoms with E-state index in [1.807, 2.05) is 6.07 Å². The van der Waals surface area contributed by atoms with Gasteiger partial charge in [-0.25, -0.2) is 4.79 Å². The zero-order chi connectivity index (χ0) is 17.4. The number of hydrogen-bond donors (Lipinski definition) is 2. The molecule has 6 nitrogen and oxygen atoms in total. The molecule has 6 heteroatoms. The van der Waals surface area contributed by atoms with Crippen LogP contribution < -0.4 is 11.1 Å². The lowest BCUT2D eigenvalue weighted by Gasteiger charge is -2.15. The van der Waals surface area contributed by atoms with E-state index in [2.05, 4.69) is 5.32 Å². The van der Waals surface area contributed by atoms with Crippen LogP contribution >= 0.6 is 0 Å². The second-order valence-electron chi connectivity index (χ2n) is 5.13. The van der Waals surface area contributed by atoms with Crippen LogP contribution in [0.1, 0.15) is 26.3 Å². The summed E-state index contributed by atoms with van der Waals surface area (Å²) in [6.07, 6.45) is -0.609. The maximum absolute atomic E-state index is 12.3. The highest BCUT2D eigenvalue weighted by molar-refractivity contribution is 5.96. The lowest BCUT2D eigenvalue weighted by Crippen LogP contribution is -2.44. The molecule has 0 aliphatic rings. The van der Waals surface area contributed by atoms with E-state index in [4.69, 9.17) is 15.2 Å². The SMILES string of the molecule is COCC(N)NC(=O)c1ccccc1COC(=O)c1ccccc1. The second kappa shape index (κ2) is 8.81. The van der Waals surface area contributed by atoms with Crippen molar-refractivity contribution in [3.63, 3.8) is 0 Å². The minimum atomic E-state index is -0.609. The molecule has 2 aromatic carbocycles. The minimum Gasteiger partial charge on any atom is -0.457 e. The molecule has 0 aliphatic carbocycles. The summed E-state index contributed by atoms with van der Waals surface area (Å²) in [7, 11) is 1.50. The molecule has 3 N–H and O–H groups in total. The Kier molecular flexibility index (Phi) is 6.48. The third-order valence-corrected chi connectivity index (χ3v) is 3.29. The molecular weight excluding hydrogens is 308 g/mol. The van der Waals surface area contributed by atoms with E-state index in [9.17, 15) is 9.59 Å². The Morgan fingerprint density at radius 3 is 2.46 bits per heavy atom. The number of nitrogens with two attached hydrogens (primary N) is 1. The lowest BCUT2D eigenvalue weighted by molar-refractivity contribution is 0.0470. The first-order valence-electron chi connectivity index (χ1n) is 7.47. The van der Waals surface area contributed by atoms with Crippen LogP contribution in [0.3, 0.4) is 0 Å². The van der Waals surface area contributed by atoms with E-state index in [1.54, 1.807) is 48.5 Å². The van der Waals surface area contributed by atoms with Gasteiger partial charge in [0, 0.05) is 18.2 Å². The maximum atomic E-state index is 12.3. The summed E-state index contributed by atoms with van der Waals surface area (Å²) in [4.78, 5) is 24.3. The van der Waals surface area contributed by atoms with Crippen LogP contribution in [0.4, 0.5) is 0 Å². The number of hydrogen-bond acceptors (Lipinski definition) is 5. The van der Waals surface area contributed by atoms with E-state index >= 15 is 0 Å². The van der Waals surface area contributed by atoms with E-state index in [0.717, 1.165) is 0 Å². The van der Waals surface area contributed by atoms with Crippen LogP contribution in [0.15, 0.2) is 54.6 Å². The van der Waals surface area contributed by atoms with E-state index in [-0.39, 0.29) is 19.1 Å². The topological polar surface area (TPSA) is 90.7 Å². The van der Waals surface area contributed by atoms with Gasteiger partial charge in [0.15, 0.2) is 0 Å².